The molecular weight excluding hydrogens is 274 g/mol. The van der Waals surface area contributed by atoms with Crippen LogP contribution in [-0.2, 0) is 6.54 Å². The average molecular weight is 305 g/mol. The van der Waals surface area contributed by atoms with Crippen molar-refractivity contribution in [1.29, 1.82) is 0 Å². The van der Waals surface area contributed by atoms with E-state index in [1.54, 1.807) is 0 Å². The molecule has 1 aliphatic rings. The van der Waals surface area contributed by atoms with Gasteiger partial charge in [0.2, 0.25) is 0 Å². The lowest BCUT2D eigenvalue weighted by molar-refractivity contribution is 0.280. The van der Waals surface area contributed by atoms with Gasteiger partial charge in [-0.2, -0.15) is 0 Å². The molecule has 0 heterocycles. The lowest BCUT2D eigenvalue weighted by atomic mass is 9.83. The Morgan fingerprint density at radius 3 is 2.45 bits per heavy atom. The van der Waals surface area contributed by atoms with Crippen LogP contribution < -0.4 is 14.8 Å². The fourth-order valence-electron chi connectivity index (χ4n) is 3.19. The van der Waals surface area contributed by atoms with Gasteiger partial charge in [-0.05, 0) is 63.3 Å². The molecule has 0 saturated heterocycles. The van der Waals surface area contributed by atoms with Crippen molar-refractivity contribution in [2.24, 2.45) is 11.8 Å². The highest BCUT2D eigenvalue weighted by Gasteiger charge is 2.17. The Balaban J connectivity index is 1.88. The Bertz CT molecular complexity index is 439. The Labute approximate surface area is 135 Å². The lowest BCUT2D eigenvalue weighted by Gasteiger charge is -2.26. The molecule has 0 radical (unpaired) electrons. The van der Waals surface area contributed by atoms with E-state index in [9.17, 15) is 0 Å². The van der Waals surface area contributed by atoms with Crippen LogP contribution in [0.4, 0.5) is 0 Å². The van der Waals surface area contributed by atoms with Crippen molar-refractivity contribution < 1.29 is 9.47 Å². The number of rotatable bonds is 8. The number of ether oxygens (including phenoxy) is 2. The van der Waals surface area contributed by atoms with Crippen molar-refractivity contribution >= 4 is 0 Å². The summed E-state index contributed by atoms with van der Waals surface area (Å²) in [6.45, 7) is 9.76. The molecule has 0 aromatic heterocycles. The first-order valence-corrected chi connectivity index (χ1v) is 8.82. The van der Waals surface area contributed by atoms with Crippen LogP contribution in [0.2, 0.25) is 0 Å². The molecule has 1 saturated carbocycles. The molecule has 0 amide bonds. The maximum atomic E-state index is 5.73. The summed E-state index contributed by atoms with van der Waals surface area (Å²) in [5, 5.41) is 3.62. The summed E-state index contributed by atoms with van der Waals surface area (Å²) in [6, 6.07) is 6.11. The standard InChI is InChI=1S/C19H31NO2/c1-4-21-18-10-11-19(22-5-2)17(12-18)14-20-13-16-8-6-15(3)7-9-16/h10-12,15-16,20H,4-9,13-14H2,1-3H3. The molecular formula is C19H31NO2. The minimum atomic E-state index is 0.696. The fourth-order valence-corrected chi connectivity index (χ4v) is 3.19. The second-order valence-electron chi connectivity index (χ2n) is 6.39. The minimum Gasteiger partial charge on any atom is -0.494 e. The van der Waals surface area contributed by atoms with E-state index in [4.69, 9.17) is 9.47 Å². The zero-order valence-corrected chi connectivity index (χ0v) is 14.4. The summed E-state index contributed by atoms with van der Waals surface area (Å²) >= 11 is 0. The van der Waals surface area contributed by atoms with Gasteiger partial charge in [0.25, 0.3) is 0 Å². The smallest absolute Gasteiger partial charge is 0.124 e. The van der Waals surface area contributed by atoms with Crippen LogP contribution in [0.25, 0.3) is 0 Å². The molecule has 1 N–H and O–H groups in total. The topological polar surface area (TPSA) is 30.5 Å². The molecule has 22 heavy (non-hydrogen) atoms. The third-order valence-electron chi connectivity index (χ3n) is 4.53. The predicted octanol–water partition coefficient (Wildman–Crippen LogP) is 4.40. The number of hydrogen-bond acceptors (Lipinski definition) is 3. The van der Waals surface area contributed by atoms with Crippen LogP contribution in [-0.4, -0.2) is 19.8 Å². The normalized spacial score (nSPS) is 21.6. The number of benzene rings is 1. The van der Waals surface area contributed by atoms with Gasteiger partial charge in [-0.1, -0.05) is 19.8 Å². The van der Waals surface area contributed by atoms with Gasteiger partial charge in [-0.3, -0.25) is 0 Å². The third kappa shape index (κ3) is 5.20. The van der Waals surface area contributed by atoms with E-state index < -0.39 is 0 Å². The maximum absolute atomic E-state index is 5.73. The first-order chi connectivity index (χ1) is 10.7. The Morgan fingerprint density at radius 2 is 1.77 bits per heavy atom. The SMILES string of the molecule is CCOc1ccc(OCC)c(CNCC2CCC(C)CC2)c1. The highest BCUT2D eigenvalue weighted by molar-refractivity contribution is 5.40. The van der Waals surface area contributed by atoms with Crippen molar-refractivity contribution in [3.8, 4) is 11.5 Å². The van der Waals surface area contributed by atoms with Crippen LogP contribution in [0.5, 0.6) is 11.5 Å². The minimum absolute atomic E-state index is 0.696. The van der Waals surface area contributed by atoms with Gasteiger partial charge in [0, 0.05) is 12.1 Å². The molecule has 0 atom stereocenters. The highest BCUT2D eigenvalue weighted by Crippen LogP contribution is 2.28. The zero-order chi connectivity index (χ0) is 15.8. The van der Waals surface area contributed by atoms with Crippen molar-refractivity contribution in [2.75, 3.05) is 19.8 Å². The Morgan fingerprint density at radius 1 is 1.05 bits per heavy atom. The monoisotopic (exact) mass is 305 g/mol. The van der Waals surface area contributed by atoms with E-state index in [1.165, 1.54) is 31.2 Å². The third-order valence-corrected chi connectivity index (χ3v) is 4.53. The van der Waals surface area contributed by atoms with E-state index in [-0.39, 0.29) is 0 Å². The fraction of sp³-hybridized carbons (Fsp3) is 0.684. The van der Waals surface area contributed by atoms with Crippen LogP contribution in [0.15, 0.2) is 18.2 Å². The highest BCUT2D eigenvalue weighted by atomic mass is 16.5. The van der Waals surface area contributed by atoms with Crippen molar-refractivity contribution in [3.05, 3.63) is 23.8 Å². The van der Waals surface area contributed by atoms with E-state index in [0.717, 1.165) is 36.4 Å². The zero-order valence-electron chi connectivity index (χ0n) is 14.4. The van der Waals surface area contributed by atoms with Crippen LogP contribution in [0, 0.1) is 11.8 Å². The molecule has 3 heteroatoms. The predicted molar refractivity (Wildman–Crippen MR) is 91.6 cm³/mol. The first kappa shape index (κ1) is 17.1. The van der Waals surface area contributed by atoms with E-state index >= 15 is 0 Å². The summed E-state index contributed by atoms with van der Waals surface area (Å²) in [6.07, 6.45) is 5.50. The molecule has 0 spiro atoms. The van der Waals surface area contributed by atoms with Gasteiger partial charge in [0.05, 0.1) is 13.2 Å². The molecule has 1 aliphatic carbocycles. The van der Waals surface area contributed by atoms with Gasteiger partial charge < -0.3 is 14.8 Å². The summed E-state index contributed by atoms with van der Waals surface area (Å²) in [5.41, 5.74) is 1.19. The maximum Gasteiger partial charge on any atom is 0.124 e. The summed E-state index contributed by atoms with van der Waals surface area (Å²) in [4.78, 5) is 0. The summed E-state index contributed by atoms with van der Waals surface area (Å²) in [7, 11) is 0. The molecule has 0 bridgehead atoms. The van der Waals surface area contributed by atoms with Gasteiger partial charge in [0.1, 0.15) is 11.5 Å². The Hall–Kier alpha value is -1.22. The number of nitrogens with one attached hydrogen (secondary N) is 1. The van der Waals surface area contributed by atoms with Gasteiger partial charge in [-0.15, -0.1) is 0 Å². The van der Waals surface area contributed by atoms with E-state index in [2.05, 4.69) is 18.3 Å². The van der Waals surface area contributed by atoms with Gasteiger partial charge in [-0.25, -0.2) is 0 Å². The molecule has 1 aromatic carbocycles. The molecule has 2 rings (SSSR count). The lowest BCUT2D eigenvalue weighted by Crippen LogP contribution is -2.26. The Kier molecular flexibility index (Phi) is 7.04. The number of hydrogen-bond donors (Lipinski definition) is 1. The average Bonchev–Trinajstić information content (AvgIpc) is 2.52. The molecule has 1 fully saturated rings. The van der Waals surface area contributed by atoms with E-state index in [1.807, 2.05) is 26.0 Å². The summed E-state index contributed by atoms with van der Waals surface area (Å²) in [5.74, 6) is 3.65. The molecule has 124 valence electrons. The van der Waals surface area contributed by atoms with Crippen LogP contribution in [0.1, 0.15) is 52.0 Å². The summed E-state index contributed by atoms with van der Waals surface area (Å²) < 4.78 is 11.3. The quantitative estimate of drug-likeness (QED) is 0.772. The largest absolute Gasteiger partial charge is 0.494 e. The van der Waals surface area contributed by atoms with Crippen LogP contribution in [0.3, 0.4) is 0 Å². The van der Waals surface area contributed by atoms with Gasteiger partial charge >= 0.3 is 0 Å². The molecule has 0 unspecified atom stereocenters. The molecule has 1 aromatic rings. The van der Waals surface area contributed by atoms with Crippen LogP contribution >= 0.6 is 0 Å². The van der Waals surface area contributed by atoms with Crippen molar-refractivity contribution in [2.45, 2.75) is 53.0 Å². The van der Waals surface area contributed by atoms with Gasteiger partial charge in [0.15, 0.2) is 0 Å². The second-order valence-corrected chi connectivity index (χ2v) is 6.39. The second kappa shape index (κ2) is 9.04. The molecule has 3 nitrogen and oxygen atoms in total. The first-order valence-electron chi connectivity index (χ1n) is 8.82. The van der Waals surface area contributed by atoms with E-state index in [0.29, 0.717) is 13.2 Å². The van der Waals surface area contributed by atoms with Crippen molar-refractivity contribution in [1.82, 2.24) is 5.32 Å². The molecule has 0 aliphatic heterocycles. The van der Waals surface area contributed by atoms with Crippen molar-refractivity contribution in [3.63, 3.8) is 0 Å².